The maximum absolute atomic E-state index is 12.3. The largest absolute Gasteiger partial charge is 0.497 e. The van der Waals surface area contributed by atoms with Crippen LogP contribution < -0.4 is 15.6 Å². The lowest BCUT2D eigenvalue weighted by Crippen LogP contribution is -2.27. The topological polar surface area (TPSA) is 84.1 Å². The van der Waals surface area contributed by atoms with Crippen LogP contribution >= 0.6 is 0 Å². The van der Waals surface area contributed by atoms with Gasteiger partial charge in [-0.25, -0.2) is 4.98 Å². The zero-order valence-corrected chi connectivity index (χ0v) is 13.4. The maximum Gasteiger partial charge on any atom is 0.287 e. The summed E-state index contributed by atoms with van der Waals surface area (Å²) in [5.41, 5.74) is 2.03. The molecule has 24 heavy (non-hydrogen) atoms. The molecule has 0 fully saturated rings. The summed E-state index contributed by atoms with van der Waals surface area (Å²) in [4.78, 5) is 31.1. The standard InChI is InChI=1S/C18H17N3O3/c1-11-6-7-15-14(8-11)17(22)21-16(20-15)18(23)19-10-12-4-3-5-13(9-12)24-2/h3-9H,10H2,1-2H3,(H,19,23)(H,20,21,22). The Kier molecular flexibility index (Phi) is 4.29. The number of hydrogen-bond donors (Lipinski definition) is 2. The predicted molar refractivity (Wildman–Crippen MR) is 91.3 cm³/mol. The fourth-order valence-electron chi connectivity index (χ4n) is 2.41. The van der Waals surface area contributed by atoms with E-state index in [1.165, 1.54) is 0 Å². The number of H-pyrrole nitrogens is 1. The molecule has 0 radical (unpaired) electrons. The van der Waals surface area contributed by atoms with Crippen molar-refractivity contribution in [2.24, 2.45) is 0 Å². The van der Waals surface area contributed by atoms with E-state index in [0.717, 1.165) is 11.1 Å². The first-order valence-electron chi connectivity index (χ1n) is 7.48. The van der Waals surface area contributed by atoms with Crippen molar-refractivity contribution in [1.29, 1.82) is 0 Å². The van der Waals surface area contributed by atoms with Gasteiger partial charge in [-0.15, -0.1) is 0 Å². The Hall–Kier alpha value is -3.15. The molecule has 0 bridgehead atoms. The number of nitrogens with zero attached hydrogens (tertiary/aromatic N) is 1. The van der Waals surface area contributed by atoms with Gasteiger partial charge in [0.1, 0.15) is 5.75 Å². The number of carbonyl (C=O) groups excluding carboxylic acids is 1. The number of aromatic nitrogens is 2. The van der Waals surface area contributed by atoms with E-state index in [-0.39, 0.29) is 11.4 Å². The molecule has 3 rings (SSSR count). The molecule has 0 unspecified atom stereocenters. The molecule has 0 aliphatic heterocycles. The van der Waals surface area contributed by atoms with Crippen LogP contribution in [-0.4, -0.2) is 23.0 Å². The second-order valence-electron chi connectivity index (χ2n) is 5.47. The average molecular weight is 323 g/mol. The molecule has 0 spiro atoms. The normalized spacial score (nSPS) is 10.6. The van der Waals surface area contributed by atoms with Gasteiger partial charge in [-0.2, -0.15) is 0 Å². The minimum absolute atomic E-state index is 0.000695. The number of rotatable bonds is 4. The number of amides is 1. The molecule has 122 valence electrons. The van der Waals surface area contributed by atoms with Crippen LogP contribution in [0.5, 0.6) is 5.75 Å². The summed E-state index contributed by atoms with van der Waals surface area (Å²) >= 11 is 0. The number of aryl methyl sites for hydroxylation is 1. The number of methoxy groups -OCH3 is 1. The van der Waals surface area contributed by atoms with E-state index < -0.39 is 5.91 Å². The minimum atomic E-state index is -0.433. The molecule has 2 N–H and O–H groups in total. The first-order chi connectivity index (χ1) is 11.6. The molecule has 0 aliphatic rings. The highest BCUT2D eigenvalue weighted by atomic mass is 16.5. The fourth-order valence-corrected chi connectivity index (χ4v) is 2.41. The molecule has 1 aromatic heterocycles. The number of hydrogen-bond acceptors (Lipinski definition) is 4. The number of carbonyl (C=O) groups is 1. The lowest BCUT2D eigenvalue weighted by atomic mass is 10.2. The Labute approximate surface area is 138 Å². The van der Waals surface area contributed by atoms with Crippen LogP contribution in [0.3, 0.4) is 0 Å². The van der Waals surface area contributed by atoms with Crippen LogP contribution in [0.15, 0.2) is 47.3 Å². The minimum Gasteiger partial charge on any atom is -0.497 e. The van der Waals surface area contributed by atoms with E-state index in [0.29, 0.717) is 23.2 Å². The molecular formula is C18H17N3O3. The van der Waals surface area contributed by atoms with Gasteiger partial charge >= 0.3 is 0 Å². The summed E-state index contributed by atoms with van der Waals surface area (Å²) in [6, 6.07) is 12.7. The highest BCUT2D eigenvalue weighted by molar-refractivity contribution is 5.92. The van der Waals surface area contributed by atoms with Crippen LogP contribution in [0.25, 0.3) is 10.9 Å². The van der Waals surface area contributed by atoms with Gasteiger partial charge < -0.3 is 15.0 Å². The number of fused-ring (bicyclic) bond motifs is 1. The van der Waals surface area contributed by atoms with Gasteiger partial charge in [0.2, 0.25) is 0 Å². The third kappa shape index (κ3) is 3.27. The van der Waals surface area contributed by atoms with Crippen LogP contribution in [0, 0.1) is 6.92 Å². The van der Waals surface area contributed by atoms with Crippen LogP contribution in [0.4, 0.5) is 0 Å². The number of ether oxygens (including phenoxy) is 1. The molecule has 0 aliphatic carbocycles. The molecule has 0 atom stereocenters. The SMILES string of the molecule is COc1cccc(CNC(=O)c2nc3ccc(C)cc3c(=O)[nH]2)c1. The Morgan fingerprint density at radius 3 is 2.88 bits per heavy atom. The van der Waals surface area contributed by atoms with E-state index in [1.54, 1.807) is 19.2 Å². The lowest BCUT2D eigenvalue weighted by molar-refractivity contribution is 0.0940. The maximum atomic E-state index is 12.3. The van der Waals surface area contributed by atoms with Gasteiger partial charge in [-0.3, -0.25) is 9.59 Å². The summed E-state index contributed by atoms with van der Waals surface area (Å²) in [5.74, 6) is 0.283. The Balaban J connectivity index is 1.81. The molecule has 3 aromatic rings. The summed E-state index contributed by atoms with van der Waals surface area (Å²) in [6.45, 7) is 2.21. The molecule has 1 heterocycles. The second-order valence-corrected chi connectivity index (χ2v) is 5.47. The summed E-state index contributed by atoms with van der Waals surface area (Å²) < 4.78 is 5.15. The van der Waals surface area contributed by atoms with E-state index in [2.05, 4.69) is 15.3 Å². The predicted octanol–water partition coefficient (Wildman–Crippen LogP) is 2.17. The molecule has 6 nitrogen and oxygen atoms in total. The van der Waals surface area contributed by atoms with Crippen molar-refractivity contribution in [1.82, 2.24) is 15.3 Å². The fraction of sp³-hybridized carbons (Fsp3) is 0.167. The third-order valence-electron chi connectivity index (χ3n) is 3.66. The Morgan fingerprint density at radius 2 is 2.08 bits per heavy atom. The van der Waals surface area contributed by atoms with Gasteiger partial charge in [0.25, 0.3) is 11.5 Å². The van der Waals surface area contributed by atoms with Crippen molar-refractivity contribution >= 4 is 16.8 Å². The van der Waals surface area contributed by atoms with Gasteiger partial charge in [0.15, 0.2) is 5.82 Å². The zero-order valence-electron chi connectivity index (χ0n) is 13.4. The van der Waals surface area contributed by atoms with Crippen molar-refractivity contribution < 1.29 is 9.53 Å². The monoisotopic (exact) mass is 323 g/mol. The Bertz CT molecular complexity index is 963. The summed E-state index contributed by atoms with van der Waals surface area (Å²) in [6.07, 6.45) is 0. The number of aromatic amines is 1. The molecule has 2 aromatic carbocycles. The van der Waals surface area contributed by atoms with E-state index in [1.807, 2.05) is 37.3 Å². The average Bonchev–Trinajstić information content (AvgIpc) is 2.60. The van der Waals surface area contributed by atoms with Gasteiger partial charge in [0, 0.05) is 6.54 Å². The molecular weight excluding hydrogens is 306 g/mol. The summed E-state index contributed by atoms with van der Waals surface area (Å²) in [5, 5.41) is 3.21. The highest BCUT2D eigenvalue weighted by Crippen LogP contribution is 2.12. The molecule has 0 saturated heterocycles. The smallest absolute Gasteiger partial charge is 0.287 e. The van der Waals surface area contributed by atoms with Crippen LogP contribution in [0.2, 0.25) is 0 Å². The van der Waals surface area contributed by atoms with E-state index in [9.17, 15) is 9.59 Å². The van der Waals surface area contributed by atoms with Crippen LogP contribution in [0.1, 0.15) is 21.7 Å². The first kappa shape index (κ1) is 15.7. The summed E-state index contributed by atoms with van der Waals surface area (Å²) in [7, 11) is 1.59. The van der Waals surface area contributed by atoms with Crippen LogP contribution in [-0.2, 0) is 6.54 Å². The lowest BCUT2D eigenvalue weighted by Gasteiger charge is -2.07. The van der Waals surface area contributed by atoms with Crippen molar-refractivity contribution in [2.45, 2.75) is 13.5 Å². The third-order valence-corrected chi connectivity index (χ3v) is 3.66. The molecule has 6 heteroatoms. The van der Waals surface area contributed by atoms with E-state index >= 15 is 0 Å². The van der Waals surface area contributed by atoms with Gasteiger partial charge in [0.05, 0.1) is 18.0 Å². The van der Waals surface area contributed by atoms with Crippen molar-refractivity contribution in [3.8, 4) is 5.75 Å². The first-order valence-corrected chi connectivity index (χ1v) is 7.48. The molecule has 0 saturated carbocycles. The highest BCUT2D eigenvalue weighted by Gasteiger charge is 2.11. The van der Waals surface area contributed by atoms with Crippen molar-refractivity contribution in [3.63, 3.8) is 0 Å². The quantitative estimate of drug-likeness (QED) is 0.771. The van der Waals surface area contributed by atoms with Gasteiger partial charge in [-0.1, -0.05) is 23.8 Å². The Morgan fingerprint density at radius 1 is 1.25 bits per heavy atom. The molecule has 1 amide bonds. The van der Waals surface area contributed by atoms with Crippen molar-refractivity contribution in [3.05, 3.63) is 69.8 Å². The van der Waals surface area contributed by atoms with Crippen molar-refractivity contribution in [2.75, 3.05) is 7.11 Å². The van der Waals surface area contributed by atoms with E-state index in [4.69, 9.17) is 4.74 Å². The number of benzene rings is 2. The second kappa shape index (κ2) is 6.54. The van der Waals surface area contributed by atoms with Gasteiger partial charge in [-0.05, 0) is 36.8 Å². The zero-order chi connectivity index (χ0) is 17.1. The number of nitrogens with one attached hydrogen (secondary N) is 2.